The Hall–Kier alpha value is -2.37. The first kappa shape index (κ1) is 15.0. The van der Waals surface area contributed by atoms with Crippen LogP contribution in [0.3, 0.4) is 0 Å². The zero-order valence-electron chi connectivity index (χ0n) is 12.8. The second kappa shape index (κ2) is 6.39. The van der Waals surface area contributed by atoms with Crippen LogP contribution >= 0.6 is 0 Å². The number of aryl methyl sites for hydroxylation is 2. The van der Waals surface area contributed by atoms with Crippen LogP contribution in [0.1, 0.15) is 34.7 Å². The first-order valence-electron chi connectivity index (χ1n) is 6.96. The van der Waals surface area contributed by atoms with Crippen LogP contribution in [0.5, 0.6) is 0 Å². The average Bonchev–Trinajstić information content (AvgIpc) is 2.83. The molecule has 0 saturated carbocycles. The van der Waals surface area contributed by atoms with Crippen molar-refractivity contribution in [2.24, 2.45) is 0 Å². The van der Waals surface area contributed by atoms with Crippen molar-refractivity contribution >= 4 is 11.7 Å². The first-order valence-corrected chi connectivity index (χ1v) is 6.96. The summed E-state index contributed by atoms with van der Waals surface area (Å²) in [6.45, 7) is 6.54. The van der Waals surface area contributed by atoms with Crippen molar-refractivity contribution in [1.29, 1.82) is 0 Å². The SMILES string of the molecule is CNc1cc(C(=O)NCC(C)n2nc(C)cc2C)ccn1. The molecule has 2 N–H and O–H groups in total. The van der Waals surface area contributed by atoms with Crippen LogP contribution in [0.2, 0.25) is 0 Å². The van der Waals surface area contributed by atoms with E-state index >= 15 is 0 Å². The number of nitrogens with one attached hydrogen (secondary N) is 2. The Bertz CT molecular complexity index is 635. The lowest BCUT2D eigenvalue weighted by Crippen LogP contribution is -2.30. The van der Waals surface area contributed by atoms with Crippen molar-refractivity contribution in [3.63, 3.8) is 0 Å². The molecule has 21 heavy (non-hydrogen) atoms. The Morgan fingerprint density at radius 3 is 2.76 bits per heavy atom. The average molecular weight is 287 g/mol. The minimum atomic E-state index is -0.109. The number of anilines is 1. The zero-order chi connectivity index (χ0) is 15.4. The van der Waals surface area contributed by atoms with E-state index < -0.39 is 0 Å². The molecular formula is C15H21N5O. The van der Waals surface area contributed by atoms with Crippen LogP contribution in [0.4, 0.5) is 5.82 Å². The van der Waals surface area contributed by atoms with Crippen molar-refractivity contribution < 1.29 is 4.79 Å². The molecule has 0 spiro atoms. The Kier molecular flexibility index (Phi) is 4.57. The van der Waals surface area contributed by atoms with Gasteiger partial charge in [-0.25, -0.2) is 4.98 Å². The van der Waals surface area contributed by atoms with Crippen molar-refractivity contribution in [1.82, 2.24) is 20.1 Å². The fraction of sp³-hybridized carbons (Fsp3) is 0.400. The lowest BCUT2D eigenvalue weighted by Gasteiger charge is -2.15. The van der Waals surface area contributed by atoms with Gasteiger partial charge in [-0.2, -0.15) is 5.10 Å². The van der Waals surface area contributed by atoms with Gasteiger partial charge in [-0.05, 0) is 39.0 Å². The summed E-state index contributed by atoms with van der Waals surface area (Å²) in [7, 11) is 1.77. The van der Waals surface area contributed by atoms with Crippen LogP contribution in [-0.2, 0) is 0 Å². The normalized spacial score (nSPS) is 12.0. The maximum Gasteiger partial charge on any atom is 0.251 e. The molecule has 2 aromatic rings. The molecule has 1 amide bonds. The maximum absolute atomic E-state index is 12.1. The van der Waals surface area contributed by atoms with Crippen LogP contribution in [0.25, 0.3) is 0 Å². The molecule has 0 fully saturated rings. The van der Waals surface area contributed by atoms with E-state index in [2.05, 4.69) is 20.7 Å². The van der Waals surface area contributed by atoms with E-state index in [9.17, 15) is 4.79 Å². The summed E-state index contributed by atoms with van der Waals surface area (Å²) in [5.41, 5.74) is 2.67. The topological polar surface area (TPSA) is 71.8 Å². The molecule has 6 nitrogen and oxygen atoms in total. The molecule has 1 unspecified atom stereocenters. The van der Waals surface area contributed by atoms with Gasteiger partial charge in [0.25, 0.3) is 5.91 Å². The highest BCUT2D eigenvalue weighted by molar-refractivity contribution is 5.94. The maximum atomic E-state index is 12.1. The summed E-state index contributed by atoms with van der Waals surface area (Å²) < 4.78 is 1.93. The minimum absolute atomic E-state index is 0.105. The van der Waals surface area contributed by atoms with Crippen molar-refractivity contribution in [2.75, 3.05) is 18.9 Å². The highest BCUT2D eigenvalue weighted by Gasteiger charge is 2.12. The quantitative estimate of drug-likeness (QED) is 0.881. The number of nitrogens with zero attached hydrogens (tertiary/aromatic N) is 3. The van der Waals surface area contributed by atoms with Crippen molar-refractivity contribution in [3.05, 3.63) is 41.3 Å². The largest absolute Gasteiger partial charge is 0.373 e. The van der Waals surface area contributed by atoms with Crippen molar-refractivity contribution in [3.8, 4) is 0 Å². The van der Waals surface area contributed by atoms with Gasteiger partial charge in [-0.3, -0.25) is 9.48 Å². The number of pyridine rings is 1. The molecule has 0 aliphatic rings. The van der Waals surface area contributed by atoms with Gasteiger partial charge in [0.15, 0.2) is 0 Å². The highest BCUT2D eigenvalue weighted by atomic mass is 16.1. The van der Waals surface area contributed by atoms with Gasteiger partial charge in [0.05, 0.1) is 11.7 Å². The van der Waals surface area contributed by atoms with E-state index in [1.54, 1.807) is 25.4 Å². The smallest absolute Gasteiger partial charge is 0.251 e. The van der Waals surface area contributed by atoms with Gasteiger partial charge < -0.3 is 10.6 Å². The molecule has 0 saturated heterocycles. The van der Waals surface area contributed by atoms with E-state index in [0.29, 0.717) is 17.9 Å². The third kappa shape index (κ3) is 3.59. The molecular weight excluding hydrogens is 266 g/mol. The minimum Gasteiger partial charge on any atom is -0.373 e. The van der Waals surface area contributed by atoms with Crippen LogP contribution in [-0.4, -0.2) is 34.3 Å². The highest BCUT2D eigenvalue weighted by Crippen LogP contribution is 2.10. The summed E-state index contributed by atoms with van der Waals surface area (Å²) in [6, 6.07) is 5.56. The lowest BCUT2D eigenvalue weighted by molar-refractivity contribution is 0.0947. The Labute approximate surface area is 124 Å². The fourth-order valence-electron chi connectivity index (χ4n) is 2.23. The van der Waals surface area contributed by atoms with Gasteiger partial charge in [0, 0.05) is 31.0 Å². The molecule has 6 heteroatoms. The Morgan fingerprint density at radius 1 is 1.38 bits per heavy atom. The molecule has 1 atom stereocenters. The summed E-state index contributed by atoms with van der Waals surface area (Å²) >= 11 is 0. The predicted octanol–water partition coefficient (Wildman–Crippen LogP) is 1.93. The number of hydrogen-bond acceptors (Lipinski definition) is 4. The first-order chi connectivity index (χ1) is 10.0. The van der Waals surface area contributed by atoms with Crippen molar-refractivity contribution in [2.45, 2.75) is 26.8 Å². The zero-order valence-corrected chi connectivity index (χ0v) is 12.8. The van der Waals surface area contributed by atoms with E-state index in [1.165, 1.54) is 0 Å². The molecule has 0 radical (unpaired) electrons. The van der Waals surface area contributed by atoms with Crippen LogP contribution in [0, 0.1) is 13.8 Å². The third-order valence-electron chi connectivity index (χ3n) is 3.30. The van der Waals surface area contributed by atoms with E-state index in [4.69, 9.17) is 0 Å². The number of rotatable bonds is 5. The predicted molar refractivity (Wildman–Crippen MR) is 82.5 cm³/mol. The molecule has 2 aromatic heterocycles. The molecule has 0 aliphatic heterocycles. The van der Waals surface area contributed by atoms with Gasteiger partial charge in [0.2, 0.25) is 0 Å². The van der Waals surface area contributed by atoms with Crippen LogP contribution < -0.4 is 10.6 Å². The fourth-order valence-corrected chi connectivity index (χ4v) is 2.23. The molecule has 0 bridgehead atoms. The molecule has 2 heterocycles. The number of aromatic nitrogens is 3. The van der Waals surface area contributed by atoms with E-state index in [0.717, 1.165) is 11.4 Å². The number of amides is 1. The molecule has 2 rings (SSSR count). The van der Waals surface area contributed by atoms with Gasteiger partial charge in [-0.15, -0.1) is 0 Å². The molecule has 112 valence electrons. The monoisotopic (exact) mass is 287 g/mol. The lowest BCUT2D eigenvalue weighted by atomic mass is 10.2. The van der Waals surface area contributed by atoms with Gasteiger partial charge in [0.1, 0.15) is 5.82 Å². The summed E-state index contributed by atoms with van der Waals surface area (Å²) in [5, 5.41) is 10.3. The summed E-state index contributed by atoms with van der Waals surface area (Å²) in [5.74, 6) is 0.566. The second-order valence-corrected chi connectivity index (χ2v) is 5.11. The number of carbonyl (C=O) groups is 1. The van der Waals surface area contributed by atoms with Crippen LogP contribution in [0.15, 0.2) is 24.4 Å². The summed E-state index contributed by atoms with van der Waals surface area (Å²) in [6.07, 6.45) is 1.62. The molecule has 0 aliphatic carbocycles. The van der Waals surface area contributed by atoms with E-state index in [1.807, 2.05) is 31.5 Å². The standard InChI is InChI=1S/C15H21N5O/c1-10-7-11(2)20(19-10)12(3)9-18-15(21)13-5-6-17-14(8-13)16-4/h5-8,12H,9H2,1-4H3,(H,16,17)(H,18,21). The third-order valence-corrected chi connectivity index (χ3v) is 3.30. The Morgan fingerprint density at radius 2 is 2.14 bits per heavy atom. The molecule has 0 aromatic carbocycles. The summed E-state index contributed by atoms with van der Waals surface area (Å²) in [4.78, 5) is 16.2. The number of hydrogen-bond donors (Lipinski definition) is 2. The van der Waals surface area contributed by atoms with E-state index in [-0.39, 0.29) is 11.9 Å². The van der Waals surface area contributed by atoms with Gasteiger partial charge >= 0.3 is 0 Å². The Balaban J connectivity index is 1.98. The van der Waals surface area contributed by atoms with Gasteiger partial charge in [-0.1, -0.05) is 0 Å². The number of carbonyl (C=O) groups excluding carboxylic acids is 1. The second-order valence-electron chi connectivity index (χ2n) is 5.11.